The molecular weight excluding hydrogens is 440 g/mol. The Morgan fingerprint density at radius 3 is 0.972 bits per heavy atom. The molecule has 0 N–H and O–H groups in total. The summed E-state index contributed by atoms with van der Waals surface area (Å²) in [6.45, 7) is 2.22. The molecule has 0 bridgehead atoms. The lowest BCUT2D eigenvalue weighted by molar-refractivity contribution is -0.697. The Hall–Kier alpha value is -3.40. The lowest BCUT2D eigenvalue weighted by Crippen LogP contribution is -2.32. The monoisotopic (exact) mass is 480 g/mol. The predicted molar refractivity (Wildman–Crippen MR) is 146 cm³/mol. The maximum atomic E-state index is 4.09. The van der Waals surface area contributed by atoms with Gasteiger partial charge in [-0.3, -0.25) is 9.97 Å². The molecule has 4 heterocycles. The zero-order chi connectivity index (χ0) is 24.7. The van der Waals surface area contributed by atoms with Gasteiger partial charge in [-0.05, 0) is 59.4 Å². The van der Waals surface area contributed by atoms with Crippen LogP contribution in [-0.2, 0) is 13.1 Å². The van der Waals surface area contributed by atoms with Crippen LogP contribution < -0.4 is 9.13 Å². The molecule has 0 radical (unpaired) electrons. The van der Waals surface area contributed by atoms with Crippen molar-refractivity contribution in [3.8, 4) is 22.3 Å². The summed E-state index contributed by atoms with van der Waals surface area (Å²) in [5.74, 6) is 0. The van der Waals surface area contributed by atoms with Crippen molar-refractivity contribution < 1.29 is 9.13 Å². The van der Waals surface area contributed by atoms with Crippen LogP contribution in [0.1, 0.15) is 64.2 Å². The van der Waals surface area contributed by atoms with E-state index in [9.17, 15) is 0 Å². The number of rotatable bonds is 15. The van der Waals surface area contributed by atoms with Gasteiger partial charge in [-0.1, -0.05) is 38.5 Å². The Labute approximate surface area is 216 Å². The second kappa shape index (κ2) is 14.9. The zero-order valence-corrected chi connectivity index (χ0v) is 21.5. The van der Waals surface area contributed by atoms with Gasteiger partial charge in [0.15, 0.2) is 24.8 Å². The standard InChI is InChI=1S/C32H40N4/c1(3-5-7-9-23-35-25-15-31(16-26-35)29-11-19-33-20-12-29)2-4-6-8-10-24-36-27-17-32(18-28-36)30-13-21-34-22-14-30/h11-22,25-28H,1-10,23-24H2/q+2. The third-order valence-electron chi connectivity index (χ3n) is 6.89. The molecule has 0 atom stereocenters. The van der Waals surface area contributed by atoms with Gasteiger partial charge in [-0.15, -0.1) is 0 Å². The maximum Gasteiger partial charge on any atom is 0.169 e. The third kappa shape index (κ3) is 8.67. The van der Waals surface area contributed by atoms with Gasteiger partial charge in [0, 0.05) is 61.9 Å². The average molecular weight is 481 g/mol. The molecule has 0 unspecified atom stereocenters. The van der Waals surface area contributed by atoms with Crippen LogP contribution in [0.5, 0.6) is 0 Å². The Bertz CT molecular complexity index is 1020. The smallest absolute Gasteiger partial charge is 0.169 e. The maximum absolute atomic E-state index is 4.09. The van der Waals surface area contributed by atoms with Crippen LogP contribution in [0.25, 0.3) is 22.3 Å². The van der Waals surface area contributed by atoms with Gasteiger partial charge in [0.1, 0.15) is 13.1 Å². The molecule has 186 valence electrons. The Morgan fingerprint density at radius 2 is 0.639 bits per heavy atom. The van der Waals surface area contributed by atoms with Crippen LogP contribution in [0, 0.1) is 0 Å². The first kappa shape index (κ1) is 25.7. The number of nitrogens with zero attached hydrogens (tertiary/aromatic N) is 4. The summed E-state index contributed by atoms with van der Waals surface area (Å²) in [4.78, 5) is 8.19. The molecule has 0 aliphatic heterocycles. The van der Waals surface area contributed by atoms with Gasteiger partial charge in [0.2, 0.25) is 0 Å². The minimum Gasteiger partial charge on any atom is -0.265 e. The molecule has 0 aromatic carbocycles. The SMILES string of the molecule is c1cc(-c2cc[n+](CCCCCCCCCCCC[n+]3ccc(-c4ccncc4)cc3)cc2)ccn1. The van der Waals surface area contributed by atoms with Crippen molar-refractivity contribution in [3.63, 3.8) is 0 Å². The van der Waals surface area contributed by atoms with Crippen molar-refractivity contribution in [2.24, 2.45) is 0 Å². The van der Waals surface area contributed by atoms with Crippen LogP contribution in [0.15, 0.2) is 98.1 Å². The van der Waals surface area contributed by atoms with E-state index in [4.69, 9.17) is 0 Å². The number of hydrogen-bond acceptors (Lipinski definition) is 2. The van der Waals surface area contributed by atoms with Crippen LogP contribution >= 0.6 is 0 Å². The third-order valence-corrected chi connectivity index (χ3v) is 6.89. The van der Waals surface area contributed by atoms with Crippen molar-refractivity contribution in [1.29, 1.82) is 0 Å². The number of hydrogen-bond donors (Lipinski definition) is 0. The van der Waals surface area contributed by atoms with Crippen LogP contribution in [0.4, 0.5) is 0 Å². The summed E-state index contributed by atoms with van der Waals surface area (Å²) in [5.41, 5.74) is 4.96. The first-order valence-electron chi connectivity index (χ1n) is 13.7. The summed E-state index contributed by atoms with van der Waals surface area (Å²) in [5, 5.41) is 0. The molecule has 4 aromatic heterocycles. The van der Waals surface area contributed by atoms with Crippen LogP contribution in [0.2, 0.25) is 0 Å². The fourth-order valence-corrected chi connectivity index (χ4v) is 4.69. The molecule has 4 aromatic rings. The topological polar surface area (TPSA) is 33.5 Å². The Balaban J connectivity index is 0.972. The van der Waals surface area contributed by atoms with E-state index < -0.39 is 0 Å². The molecule has 0 saturated carbocycles. The fraction of sp³-hybridized carbons (Fsp3) is 0.375. The molecule has 0 amide bonds. The Morgan fingerprint density at radius 1 is 0.361 bits per heavy atom. The van der Waals surface area contributed by atoms with E-state index in [-0.39, 0.29) is 0 Å². The Kier molecular flexibility index (Phi) is 10.6. The molecule has 0 aliphatic rings. The highest BCUT2D eigenvalue weighted by atomic mass is 14.9. The molecule has 0 spiro atoms. The molecule has 0 saturated heterocycles. The summed E-state index contributed by atoms with van der Waals surface area (Å²) in [7, 11) is 0. The first-order valence-corrected chi connectivity index (χ1v) is 13.7. The zero-order valence-electron chi connectivity index (χ0n) is 21.5. The van der Waals surface area contributed by atoms with E-state index in [1.807, 2.05) is 24.8 Å². The quantitative estimate of drug-likeness (QED) is 0.136. The molecule has 4 nitrogen and oxygen atoms in total. The molecule has 0 fully saturated rings. The highest BCUT2D eigenvalue weighted by Crippen LogP contribution is 2.17. The highest BCUT2D eigenvalue weighted by Gasteiger charge is 2.04. The fourth-order valence-electron chi connectivity index (χ4n) is 4.69. The van der Waals surface area contributed by atoms with Crippen LogP contribution in [-0.4, -0.2) is 9.97 Å². The molecule has 0 aliphatic carbocycles. The van der Waals surface area contributed by atoms with E-state index in [0.717, 1.165) is 13.1 Å². The molecular formula is C32H40N4+2. The normalized spacial score (nSPS) is 11.0. The second-order valence-electron chi connectivity index (χ2n) is 9.66. The summed E-state index contributed by atoms with van der Waals surface area (Å²) >= 11 is 0. The van der Waals surface area contributed by atoms with Gasteiger partial charge < -0.3 is 0 Å². The summed E-state index contributed by atoms with van der Waals surface area (Å²) in [6.07, 6.45) is 29.6. The van der Waals surface area contributed by atoms with Gasteiger partial charge in [-0.25, -0.2) is 9.13 Å². The number of pyridine rings is 4. The van der Waals surface area contributed by atoms with Crippen molar-refractivity contribution in [1.82, 2.24) is 9.97 Å². The largest absolute Gasteiger partial charge is 0.265 e. The number of unbranched alkanes of at least 4 members (excludes halogenated alkanes) is 9. The van der Waals surface area contributed by atoms with E-state index in [1.165, 1.54) is 86.5 Å². The van der Waals surface area contributed by atoms with E-state index >= 15 is 0 Å². The van der Waals surface area contributed by atoms with Crippen molar-refractivity contribution in [2.45, 2.75) is 77.3 Å². The summed E-state index contributed by atoms with van der Waals surface area (Å²) in [6, 6.07) is 17.0. The van der Waals surface area contributed by atoms with Crippen molar-refractivity contribution in [3.05, 3.63) is 98.1 Å². The second-order valence-corrected chi connectivity index (χ2v) is 9.66. The molecule has 36 heavy (non-hydrogen) atoms. The highest BCUT2D eigenvalue weighted by molar-refractivity contribution is 5.62. The van der Waals surface area contributed by atoms with E-state index in [2.05, 4.69) is 92.4 Å². The summed E-state index contributed by atoms with van der Waals surface area (Å²) < 4.78 is 4.61. The predicted octanol–water partition coefficient (Wildman–Crippen LogP) is 6.99. The van der Waals surface area contributed by atoms with Gasteiger partial charge in [0.05, 0.1) is 0 Å². The minimum atomic E-state index is 1.11. The van der Waals surface area contributed by atoms with Crippen molar-refractivity contribution >= 4 is 0 Å². The van der Waals surface area contributed by atoms with Gasteiger partial charge in [0.25, 0.3) is 0 Å². The number of aromatic nitrogens is 4. The first-order chi connectivity index (χ1) is 17.9. The molecule has 4 heteroatoms. The van der Waals surface area contributed by atoms with Gasteiger partial charge >= 0.3 is 0 Å². The van der Waals surface area contributed by atoms with E-state index in [1.54, 1.807) is 0 Å². The van der Waals surface area contributed by atoms with Gasteiger partial charge in [-0.2, -0.15) is 0 Å². The number of aryl methyl sites for hydroxylation is 2. The minimum absolute atomic E-state index is 1.11. The van der Waals surface area contributed by atoms with Crippen molar-refractivity contribution in [2.75, 3.05) is 0 Å². The average Bonchev–Trinajstić information content (AvgIpc) is 2.95. The lowest BCUT2D eigenvalue weighted by Gasteiger charge is -2.03. The molecule has 4 rings (SSSR count). The lowest BCUT2D eigenvalue weighted by atomic mass is 10.1. The van der Waals surface area contributed by atoms with E-state index in [0.29, 0.717) is 0 Å². The van der Waals surface area contributed by atoms with Crippen LogP contribution in [0.3, 0.4) is 0 Å².